The minimum absolute atomic E-state index is 0.0992. The Balaban J connectivity index is 0.000000319. The third kappa shape index (κ3) is 9.49. The van der Waals surface area contributed by atoms with Crippen LogP contribution in [-0.4, -0.2) is 53.0 Å². The molecule has 1 N–H and O–H groups in total. The molecule has 0 atom stereocenters. The number of hydrogen-bond acceptors (Lipinski definition) is 6. The summed E-state index contributed by atoms with van der Waals surface area (Å²) in [6.45, 7) is 4.18. The predicted molar refractivity (Wildman–Crippen MR) is 142 cm³/mol. The average Bonchev–Trinajstić information content (AvgIpc) is 2.93. The lowest BCUT2D eigenvalue weighted by Crippen LogP contribution is -2.48. The molecule has 198 valence electrons. The van der Waals surface area contributed by atoms with Crippen molar-refractivity contribution in [1.82, 2.24) is 5.32 Å². The monoisotopic (exact) mass is 510 g/mol. The number of piperazine rings is 1. The summed E-state index contributed by atoms with van der Waals surface area (Å²) in [6, 6.07) is 21.8. The second-order valence-electron chi connectivity index (χ2n) is 8.34. The number of rotatable bonds is 11. The van der Waals surface area contributed by atoms with Crippen LogP contribution >= 0.6 is 0 Å². The number of nitrogens with one attached hydrogen (secondary N) is 1. The summed E-state index contributed by atoms with van der Waals surface area (Å²) in [5.74, 6) is 1.53. The van der Waals surface area contributed by atoms with Gasteiger partial charge in [0.05, 0.1) is 40.1 Å². The average molecular weight is 511 g/mol. The van der Waals surface area contributed by atoms with Gasteiger partial charge in [0, 0.05) is 37.9 Å². The number of carbonyl (C=O) groups is 1. The summed E-state index contributed by atoms with van der Waals surface area (Å²) in [4.78, 5) is 13.7. The molecule has 1 heterocycles. The number of amides is 1. The zero-order valence-electron chi connectivity index (χ0n) is 21.5. The fourth-order valence-electron chi connectivity index (χ4n) is 3.70. The molecule has 0 unspecified atom stereocenters. The van der Waals surface area contributed by atoms with Crippen molar-refractivity contribution < 1.29 is 28.1 Å². The predicted octanol–water partition coefficient (Wildman–Crippen LogP) is 4.59. The number of ether oxygens (including phenoxy) is 4. The first-order chi connectivity index (χ1) is 18.1. The summed E-state index contributed by atoms with van der Waals surface area (Å²) in [5.41, 5.74) is 2.94. The van der Waals surface area contributed by atoms with Crippen molar-refractivity contribution in [3.63, 3.8) is 0 Å². The van der Waals surface area contributed by atoms with Gasteiger partial charge in [0.1, 0.15) is 17.3 Å². The van der Waals surface area contributed by atoms with E-state index in [2.05, 4.69) is 5.32 Å². The van der Waals surface area contributed by atoms with Gasteiger partial charge >= 0.3 is 0 Å². The molecule has 0 radical (unpaired) electrons. The van der Waals surface area contributed by atoms with Gasteiger partial charge in [-0.15, -0.1) is 0 Å². The maximum atomic E-state index is 12.3. The maximum absolute atomic E-state index is 12.3. The lowest BCUT2D eigenvalue weighted by atomic mass is 10.2. The molecule has 0 aliphatic carbocycles. The Kier molecular flexibility index (Phi) is 11.9. The summed E-state index contributed by atoms with van der Waals surface area (Å²) in [7, 11) is 3.28. The molecule has 1 amide bonds. The standard InChI is InChI=1S/C21H26N2O4.C8H9FO/c1-25-20-6-3-2-5-17(20)16-26-13-4-14-27-19-9-7-18(8-10-19)23-12-11-22-15-21(23)24;1-10-6-7-2-4-8(9)5-3-7/h2-3,5-10,22H,4,11-16H2,1H3;2-5H,6H2,1H3. The van der Waals surface area contributed by atoms with Crippen LogP contribution in [0.15, 0.2) is 72.8 Å². The molecule has 37 heavy (non-hydrogen) atoms. The molecule has 3 aromatic carbocycles. The fourth-order valence-corrected chi connectivity index (χ4v) is 3.70. The van der Waals surface area contributed by atoms with E-state index in [0.717, 1.165) is 41.3 Å². The Hall–Kier alpha value is -3.46. The number of benzene rings is 3. The number of para-hydroxylation sites is 1. The van der Waals surface area contributed by atoms with E-state index >= 15 is 0 Å². The summed E-state index contributed by atoms with van der Waals surface area (Å²) >= 11 is 0. The first-order valence-electron chi connectivity index (χ1n) is 12.3. The van der Waals surface area contributed by atoms with E-state index in [9.17, 15) is 9.18 Å². The second-order valence-corrected chi connectivity index (χ2v) is 8.34. The van der Waals surface area contributed by atoms with Crippen LogP contribution in [0.25, 0.3) is 0 Å². The van der Waals surface area contributed by atoms with Gasteiger partial charge in [-0.05, 0) is 48.0 Å². The molecule has 0 saturated carbocycles. The van der Waals surface area contributed by atoms with E-state index < -0.39 is 0 Å². The highest BCUT2D eigenvalue weighted by atomic mass is 19.1. The van der Waals surface area contributed by atoms with Crippen molar-refractivity contribution in [1.29, 1.82) is 0 Å². The largest absolute Gasteiger partial charge is 0.496 e. The Bertz CT molecular complexity index is 1080. The number of nitrogens with zero attached hydrogens (tertiary/aromatic N) is 1. The van der Waals surface area contributed by atoms with Crippen LogP contribution in [-0.2, 0) is 27.5 Å². The van der Waals surface area contributed by atoms with E-state index in [1.54, 1.807) is 31.3 Å². The summed E-state index contributed by atoms with van der Waals surface area (Å²) < 4.78 is 33.9. The summed E-state index contributed by atoms with van der Waals surface area (Å²) in [6.07, 6.45) is 0.799. The third-order valence-corrected chi connectivity index (χ3v) is 5.61. The van der Waals surface area contributed by atoms with Gasteiger partial charge in [-0.3, -0.25) is 4.79 Å². The van der Waals surface area contributed by atoms with Crippen LogP contribution in [0.4, 0.5) is 10.1 Å². The lowest BCUT2D eigenvalue weighted by Gasteiger charge is -2.27. The van der Waals surface area contributed by atoms with Crippen LogP contribution in [0.5, 0.6) is 11.5 Å². The zero-order valence-corrected chi connectivity index (χ0v) is 21.5. The highest BCUT2D eigenvalue weighted by Crippen LogP contribution is 2.21. The minimum Gasteiger partial charge on any atom is -0.496 e. The number of anilines is 1. The molecule has 4 rings (SSSR count). The third-order valence-electron chi connectivity index (χ3n) is 5.61. The Morgan fingerprint density at radius 1 is 0.919 bits per heavy atom. The van der Waals surface area contributed by atoms with Gasteiger partial charge in [-0.2, -0.15) is 0 Å². The molecule has 7 nitrogen and oxygen atoms in total. The zero-order chi connectivity index (χ0) is 26.3. The normalized spacial score (nSPS) is 13.1. The van der Waals surface area contributed by atoms with Crippen LogP contribution < -0.4 is 19.7 Å². The smallest absolute Gasteiger partial charge is 0.240 e. The molecular weight excluding hydrogens is 475 g/mol. The highest BCUT2D eigenvalue weighted by Gasteiger charge is 2.18. The van der Waals surface area contributed by atoms with E-state index in [1.807, 2.05) is 48.5 Å². The van der Waals surface area contributed by atoms with Crippen LogP contribution in [0, 0.1) is 5.82 Å². The molecule has 1 aliphatic heterocycles. The lowest BCUT2D eigenvalue weighted by molar-refractivity contribution is -0.118. The first kappa shape index (κ1) is 28.1. The Morgan fingerprint density at radius 3 is 2.38 bits per heavy atom. The molecular formula is C29H35FN2O5. The Labute approximate surface area is 218 Å². The molecule has 1 saturated heterocycles. The van der Waals surface area contributed by atoms with Crippen LogP contribution in [0.2, 0.25) is 0 Å². The quantitative estimate of drug-likeness (QED) is 0.381. The fraction of sp³-hybridized carbons (Fsp3) is 0.345. The molecule has 0 spiro atoms. The maximum Gasteiger partial charge on any atom is 0.240 e. The topological polar surface area (TPSA) is 69.3 Å². The van der Waals surface area contributed by atoms with Crippen molar-refractivity contribution in [2.45, 2.75) is 19.6 Å². The van der Waals surface area contributed by atoms with Gasteiger partial charge < -0.3 is 29.2 Å². The minimum atomic E-state index is -0.208. The molecule has 1 aliphatic rings. The highest BCUT2D eigenvalue weighted by molar-refractivity contribution is 5.95. The van der Waals surface area contributed by atoms with Gasteiger partial charge in [0.2, 0.25) is 5.91 Å². The van der Waals surface area contributed by atoms with Gasteiger partial charge in [0.15, 0.2) is 0 Å². The Morgan fingerprint density at radius 2 is 1.68 bits per heavy atom. The van der Waals surface area contributed by atoms with E-state index in [1.165, 1.54) is 12.1 Å². The van der Waals surface area contributed by atoms with Crippen molar-refractivity contribution >= 4 is 11.6 Å². The van der Waals surface area contributed by atoms with Crippen molar-refractivity contribution in [2.75, 3.05) is 52.0 Å². The number of methoxy groups -OCH3 is 2. The first-order valence-corrected chi connectivity index (χ1v) is 12.3. The van der Waals surface area contributed by atoms with Gasteiger partial charge in [0.25, 0.3) is 0 Å². The van der Waals surface area contributed by atoms with Gasteiger partial charge in [-0.25, -0.2) is 4.39 Å². The van der Waals surface area contributed by atoms with Crippen LogP contribution in [0.3, 0.4) is 0 Å². The van der Waals surface area contributed by atoms with Crippen molar-refractivity contribution in [3.8, 4) is 11.5 Å². The number of hydrogen-bond donors (Lipinski definition) is 1. The van der Waals surface area contributed by atoms with E-state index in [4.69, 9.17) is 18.9 Å². The molecule has 1 fully saturated rings. The number of carbonyl (C=O) groups excluding carboxylic acids is 1. The number of halogens is 1. The summed E-state index contributed by atoms with van der Waals surface area (Å²) in [5, 5.41) is 3.07. The van der Waals surface area contributed by atoms with E-state index in [0.29, 0.717) is 39.5 Å². The van der Waals surface area contributed by atoms with Gasteiger partial charge in [-0.1, -0.05) is 30.3 Å². The van der Waals surface area contributed by atoms with Crippen molar-refractivity contribution in [3.05, 3.63) is 89.7 Å². The van der Waals surface area contributed by atoms with Crippen LogP contribution in [0.1, 0.15) is 17.5 Å². The molecule has 8 heteroatoms. The SMILES string of the molecule is COCc1ccc(F)cc1.COc1ccccc1COCCCOc1ccc(N2CCNCC2=O)cc1. The van der Waals surface area contributed by atoms with E-state index in [-0.39, 0.29) is 11.7 Å². The van der Waals surface area contributed by atoms with Crippen molar-refractivity contribution in [2.24, 2.45) is 0 Å². The molecule has 0 bridgehead atoms. The second kappa shape index (κ2) is 15.6. The molecule has 0 aromatic heterocycles. The molecule has 3 aromatic rings.